The lowest BCUT2D eigenvalue weighted by Gasteiger charge is -2.13. The minimum Gasteiger partial charge on any atom is -0.486 e. The number of nitrogens with zero attached hydrogens (tertiary/aromatic N) is 1. The summed E-state index contributed by atoms with van der Waals surface area (Å²) in [4.78, 5) is 4.20. The Bertz CT molecular complexity index is 531. The molecule has 0 bridgehead atoms. The van der Waals surface area contributed by atoms with E-state index in [1.54, 1.807) is 6.20 Å². The molecule has 0 saturated carbocycles. The van der Waals surface area contributed by atoms with Gasteiger partial charge in [0.15, 0.2) is 0 Å². The van der Waals surface area contributed by atoms with Crippen LogP contribution in [0.2, 0.25) is 5.02 Å². The number of hydrogen-bond donors (Lipinski definition) is 1. The quantitative estimate of drug-likeness (QED) is 0.906. The number of halogens is 1. The second-order valence-corrected chi connectivity index (χ2v) is 4.72. The first kappa shape index (κ1) is 13.8. The van der Waals surface area contributed by atoms with Crippen LogP contribution < -0.4 is 10.1 Å². The predicted molar refractivity (Wildman–Crippen MR) is 77.5 cm³/mol. The Morgan fingerprint density at radius 3 is 2.79 bits per heavy atom. The average molecular weight is 277 g/mol. The van der Waals surface area contributed by atoms with Crippen LogP contribution in [-0.2, 0) is 6.61 Å². The summed E-state index contributed by atoms with van der Waals surface area (Å²) in [5.41, 5.74) is 2.02. The highest BCUT2D eigenvalue weighted by atomic mass is 35.5. The van der Waals surface area contributed by atoms with E-state index in [1.165, 1.54) is 0 Å². The molecule has 1 unspecified atom stereocenters. The molecule has 0 amide bonds. The van der Waals surface area contributed by atoms with Gasteiger partial charge in [0.1, 0.15) is 12.4 Å². The van der Waals surface area contributed by atoms with Crippen LogP contribution in [0.4, 0.5) is 0 Å². The van der Waals surface area contributed by atoms with Gasteiger partial charge in [-0.3, -0.25) is 4.98 Å². The van der Waals surface area contributed by atoms with E-state index in [4.69, 9.17) is 16.3 Å². The highest BCUT2D eigenvalue weighted by molar-refractivity contribution is 6.32. The van der Waals surface area contributed by atoms with Crippen LogP contribution in [0.3, 0.4) is 0 Å². The van der Waals surface area contributed by atoms with Gasteiger partial charge >= 0.3 is 0 Å². The lowest BCUT2D eigenvalue weighted by Crippen LogP contribution is -2.12. The van der Waals surface area contributed by atoms with E-state index < -0.39 is 0 Å². The third-order valence-electron chi connectivity index (χ3n) is 2.99. The highest BCUT2D eigenvalue weighted by Crippen LogP contribution is 2.28. The van der Waals surface area contributed by atoms with E-state index in [-0.39, 0.29) is 6.04 Å². The molecule has 1 N–H and O–H groups in total. The fraction of sp³-hybridized carbons (Fsp3) is 0.267. The molecular formula is C15H17ClN2O. The standard InChI is InChI=1S/C15H17ClN2O/c1-11(17-2)12-6-7-15(14(16)9-12)19-10-13-5-3-4-8-18-13/h3-9,11,17H,10H2,1-2H3. The van der Waals surface area contributed by atoms with Crippen molar-refractivity contribution in [1.82, 2.24) is 10.3 Å². The van der Waals surface area contributed by atoms with Gasteiger partial charge in [0.05, 0.1) is 10.7 Å². The lowest BCUT2D eigenvalue weighted by atomic mass is 10.1. The maximum atomic E-state index is 6.22. The largest absolute Gasteiger partial charge is 0.486 e. The van der Waals surface area contributed by atoms with Crippen molar-refractivity contribution in [2.45, 2.75) is 19.6 Å². The van der Waals surface area contributed by atoms with Crippen LogP contribution in [0.15, 0.2) is 42.6 Å². The van der Waals surface area contributed by atoms with Crippen LogP contribution in [0.25, 0.3) is 0 Å². The van der Waals surface area contributed by atoms with Crippen molar-refractivity contribution in [1.29, 1.82) is 0 Å². The van der Waals surface area contributed by atoms with E-state index in [0.29, 0.717) is 17.4 Å². The predicted octanol–water partition coefficient (Wildman–Crippen LogP) is 3.59. The van der Waals surface area contributed by atoms with Gasteiger partial charge in [-0.1, -0.05) is 23.7 Å². The average Bonchev–Trinajstić information content (AvgIpc) is 2.46. The van der Waals surface area contributed by atoms with Gasteiger partial charge in [0.25, 0.3) is 0 Å². The van der Waals surface area contributed by atoms with E-state index in [9.17, 15) is 0 Å². The van der Waals surface area contributed by atoms with E-state index >= 15 is 0 Å². The van der Waals surface area contributed by atoms with Crippen LogP contribution in [0.5, 0.6) is 5.75 Å². The molecule has 2 rings (SSSR count). The first-order valence-electron chi connectivity index (χ1n) is 6.20. The molecule has 2 aromatic rings. The number of pyridine rings is 1. The van der Waals surface area contributed by atoms with Crippen molar-refractivity contribution in [3.05, 3.63) is 58.9 Å². The van der Waals surface area contributed by atoms with E-state index in [0.717, 1.165) is 11.3 Å². The summed E-state index contributed by atoms with van der Waals surface area (Å²) in [5.74, 6) is 0.680. The molecule has 100 valence electrons. The summed E-state index contributed by atoms with van der Waals surface area (Å²) in [6.07, 6.45) is 1.75. The Hall–Kier alpha value is -1.58. The zero-order chi connectivity index (χ0) is 13.7. The third kappa shape index (κ3) is 3.69. The molecule has 0 saturated heterocycles. The third-order valence-corrected chi connectivity index (χ3v) is 3.29. The minimum absolute atomic E-state index is 0.266. The lowest BCUT2D eigenvalue weighted by molar-refractivity contribution is 0.301. The maximum Gasteiger partial charge on any atom is 0.138 e. The van der Waals surface area contributed by atoms with Crippen molar-refractivity contribution in [3.8, 4) is 5.75 Å². The molecule has 3 nitrogen and oxygen atoms in total. The second-order valence-electron chi connectivity index (χ2n) is 4.31. The summed E-state index contributed by atoms with van der Waals surface area (Å²) in [6, 6.07) is 11.8. The summed E-state index contributed by atoms with van der Waals surface area (Å²) in [7, 11) is 1.92. The molecule has 1 aromatic carbocycles. The van der Waals surface area contributed by atoms with Gasteiger partial charge in [-0.25, -0.2) is 0 Å². The topological polar surface area (TPSA) is 34.1 Å². The van der Waals surface area contributed by atoms with Gasteiger partial charge in [-0.15, -0.1) is 0 Å². The molecule has 0 radical (unpaired) electrons. The zero-order valence-electron chi connectivity index (χ0n) is 11.1. The van der Waals surface area contributed by atoms with Crippen molar-refractivity contribution in [3.63, 3.8) is 0 Å². The normalized spacial score (nSPS) is 12.2. The SMILES string of the molecule is CNC(C)c1ccc(OCc2ccccn2)c(Cl)c1. The van der Waals surface area contributed by atoms with E-state index in [1.807, 2.05) is 43.4 Å². The van der Waals surface area contributed by atoms with Crippen LogP contribution in [0, 0.1) is 0 Å². The van der Waals surface area contributed by atoms with Gasteiger partial charge in [-0.05, 0) is 43.8 Å². The minimum atomic E-state index is 0.266. The van der Waals surface area contributed by atoms with Crippen molar-refractivity contribution >= 4 is 11.6 Å². The summed E-state index contributed by atoms with van der Waals surface area (Å²) >= 11 is 6.22. The van der Waals surface area contributed by atoms with Crippen LogP contribution in [-0.4, -0.2) is 12.0 Å². The number of benzene rings is 1. The molecule has 1 aromatic heterocycles. The molecule has 4 heteroatoms. The van der Waals surface area contributed by atoms with Crippen LogP contribution in [0.1, 0.15) is 24.2 Å². The Balaban J connectivity index is 2.05. The van der Waals surface area contributed by atoms with Gasteiger partial charge < -0.3 is 10.1 Å². The number of hydrogen-bond acceptors (Lipinski definition) is 3. The molecule has 0 aliphatic heterocycles. The van der Waals surface area contributed by atoms with Gasteiger partial charge in [0.2, 0.25) is 0 Å². The Labute approximate surface area is 118 Å². The molecular weight excluding hydrogens is 260 g/mol. The molecule has 0 spiro atoms. The van der Waals surface area contributed by atoms with E-state index in [2.05, 4.69) is 17.2 Å². The smallest absolute Gasteiger partial charge is 0.138 e. The highest BCUT2D eigenvalue weighted by Gasteiger charge is 2.07. The maximum absolute atomic E-state index is 6.22. The fourth-order valence-electron chi connectivity index (χ4n) is 1.71. The molecule has 0 aliphatic carbocycles. The first-order chi connectivity index (χ1) is 9.20. The fourth-order valence-corrected chi connectivity index (χ4v) is 1.95. The molecule has 19 heavy (non-hydrogen) atoms. The molecule has 1 heterocycles. The molecule has 0 aliphatic rings. The summed E-state index contributed by atoms with van der Waals surface area (Å²) in [6.45, 7) is 2.50. The summed E-state index contributed by atoms with van der Waals surface area (Å²) in [5, 5.41) is 3.80. The van der Waals surface area contributed by atoms with Crippen molar-refractivity contribution in [2.24, 2.45) is 0 Å². The number of aromatic nitrogens is 1. The van der Waals surface area contributed by atoms with Gasteiger partial charge in [-0.2, -0.15) is 0 Å². The Kier molecular flexibility index (Phi) is 4.77. The molecule has 1 atom stereocenters. The van der Waals surface area contributed by atoms with Crippen molar-refractivity contribution < 1.29 is 4.74 Å². The zero-order valence-corrected chi connectivity index (χ0v) is 11.8. The summed E-state index contributed by atoms with van der Waals surface area (Å²) < 4.78 is 5.68. The Morgan fingerprint density at radius 2 is 2.16 bits per heavy atom. The number of nitrogens with one attached hydrogen (secondary N) is 1. The first-order valence-corrected chi connectivity index (χ1v) is 6.58. The monoisotopic (exact) mass is 276 g/mol. The number of rotatable bonds is 5. The van der Waals surface area contributed by atoms with Crippen LogP contribution >= 0.6 is 11.6 Å². The van der Waals surface area contributed by atoms with Crippen molar-refractivity contribution in [2.75, 3.05) is 7.05 Å². The second kappa shape index (κ2) is 6.55. The van der Waals surface area contributed by atoms with Gasteiger partial charge in [0, 0.05) is 12.2 Å². The Morgan fingerprint density at radius 1 is 1.32 bits per heavy atom. The molecule has 0 fully saturated rings. The number of ether oxygens (including phenoxy) is 1.